The number of likely N-dealkylation sites (tertiary alicyclic amines) is 1. The molecule has 252 valence electrons. The molecule has 8 rings (SSSR count). The lowest BCUT2D eigenvalue weighted by molar-refractivity contribution is -0.144. The molecule has 5 heterocycles. The Morgan fingerprint density at radius 2 is 1.88 bits per heavy atom. The molecular formula is C34H33ClF4N6O3. The highest BCUT2D eigenvalue weighted by atomic mass is 35.5. The first-order chi connectivity index (χ1) is 23.0. The van der Waals surface area contributed by atoms with E-state index in [2.05, 4.69) is 19.9 Å². The molecule has 0 bridgehead atoms. The molecular weight excluding hydrogens is 652 g/mol. The standard InChI is InChI=1S/C34H33ClF4N6O3/c1-32(24-6-5-22(35)16-25(24)36)47-28-4-2-3-23(29(28)48-32)20-7-11-44(12-8-20)18-26-27(45-13-14-46-33(19-45)9-10-33)15-21(17-40-26)30-41-31(43-42-30)34(37,38)39/h2-6,15-17,20H,7-14,18-19H2,1H3,(H,41,42,43)/t32-/m0/s1. The molecule has 4 aromatic rings. The SMILES string of the molecule is C[C@]1(c2ccc(Cl)cc2F)Oc2cccc(C3CCN(Cc4ncc(-c5n[nH]c(C(F)(F)F)n5)cc4N4CCOC5(CC5)C4)CC3)c2O1. The summed E-state index contributed by atoms with van der Waals surface area (Å²) in [6.07, 6.45) is 0.619. The Bertz CT molecular complexity index is 1860. The van der Waals surface area contributed by atoms with Gasteiger partial charge in [-0.05, 0) is 75.0 Å². The van der Waals surface area contributed by atoms with Gasteiger partial charge in [0.1, 0.15) is 5.82 Å². The zero-order valence-corrected chi connectivity index (χ0v) is 26.9. The lowest BCUT2D eigenvalue weighted by Gasteiger charge is -2.37. The van der Waals surface area contributed by atoms with E-state index in [4.69, 9.17) is 30.8 Å². The van der Waals surface area contributed by atoms with E-state index in [1.165, 1.54) is 6.07 Å². The minimum atomic E-state index is -4.62. The fourth-order valence-electron chi connectivity index (χ4n) is 7.06. The summed E-state index contributed by atoms with van der Waals surface area (Å²) < 4.78 is 73.1. The van der Waals surface area contributed by atoms with Gasteiger partial charge in [-0.2, -0.15) is 18.3 Å². The van der Waals surface area contributed by atoms with Crippen molar-refractivity contribution in [1.29, 1.82) is 0 Å². The third-order valence-electron chi connectivity index (χ3n) is 9.79. The second-order valence-electron chi connectivity index (χ2n) is 13.1. The quantitative estimate of drug-likeness (QED) is 0.216. The molecule has 1 aliphatic carbocycles. The minimum absolute atomic E-state index is 0.0469. The third kappa shape index (κ3) is 5.85. The van der Waals surface area contributed by atoms with Crippen molar-refractivity contribution in [1.82, 2.24) is 25.1 Å². The lowest BCUT2D eigenvalue weighted by atomic mass is 9.88. The first-order valence-electron chi connectivity index (χ1n) is 16.1. The van der Waals surface area contributed by atoms with Crippen LogP contribution in [0.15, 0.2) is 48.7 Å². The van der Waals surface area contributed by atoms with Crippen LogP contribution in [0.5, 0.6) is 11.5 Å². The molecule has 2 aromatic carbocycles. The average Bonchev–Trinajstić information content (AvgIpc) is 3.42. The van der Waals surface area contributed by atoms with Crippen molar-refractivity contribution >= 4 is 17.3 Å². The number of H-pyrrole nitrogens is 1. The van der Waals surface area contributed by atoms with E-state index in [-0.39, 0.29) is 22.9 Å². The number of benzene rings is 2. The molecule has 1 spiro atoms. The van der Waals surface area contributed by atoms with Crippen molar-refractivity contribution in [2.45, 2.75) is 62.6 Å². The molecule has 9 nitrogen and oxygen atoms in total. The number of aromatic amines is 1. The average molecular weight is 685 g/mol. The second kappa shape index (κ2) is 11.6. The van der Waals surface area contributed by atoms with Gasteiger partial charge in [-0.1, -0.05) is 23.7 Å². The Labute approximate surface area is 279 Å². The largest absolute Gasteiger partial charge is 0.451 e. The van der Waals surface area contributed by atoms with Crippen molar-refractivity contribution in [3.8, 4) is 22.9 Å². The number of morpholine rings is 1. The number of halogens is 5. The molecule has 1 N–H and O–H groups in total. The van der Waals surface area contributed by atoms with Crippen LogP contribution < -0.4 is 14.4 Å². The molecule has 4 aliphatic rings. The van der Waals surface area contributed by atoms with Crippen LogP contribution in [0.4, 0.5) is 23.2 Å². The van der Waals surface area contributed by atoms with E-state index in [9.17, 15) is 17.6 Å². The van der Waals surface area contributed by atoms with E-state index in [1.807, 2.05) is 29.4 Å². The second-order valence-corrected chi connectivity index (χ2v) is 13.6. The van der Waals surface area contributed by atoms with Crippen LogP contribution in [-0.4, -0.2) is 63.5 Å². The number of anilines is 1. The highest BCUT2D eigenvalue weighted by Crippen LogP contribution is 2.50. The number of aromatic nitrogens is 4. The fraction of sp³-hybridized carbons (Fsp3) is 0.441. The molecule has 1 atom stereocenters. The Balaban J connectivity index is 0.997. The highest BCUT2D eigenvalue weighted by Gasteiger charge is 2.48. The predicted molar refractivity (Wildman–Crippen MR) is 168 cm³/mol. The molecule has 2 saturated heterocycles. The fourth-order valence-corrected chi connectivity index (χ4v) is 7.22. The Morgan fingerprint density at radius 1 is 1.06 bits per heavy atom. The predicted octanol–water partition coefficient (Wildman–Crippen LogP) is 7.07. The first kappa shape index (κ1) is 31.3. The van der Waals surface area contributed by atoms with Crippen LogP contribution >= 0.6 is 11.6 Å². The van der Waals surface area contributed by atoms with Gasteiger partial charge in [0.15, 0.2) is 17.3 Å². The number of hydrogen-bond donors (Lipinski definition) is 1. The van der Waals surface area contributed by atoms with Gasteiger partial charge < -0.3 is 19.1 Å². The Morgan fingerprint density at radius 3 is 2.60 bits per heavy atom. The van der Waals surface area contributed by atoms with Gasteiger partial charge in [-0.15, -0.1) is 0 Å². The minimum Gasteiger partial charge on any atom is -0.444 e. The number of hydrogen-bond acceptors (Lipinski definition) is 8. The number of pyridine rings is 1. The third-order valence-corrected chi connectivity index (χ3v) is 10.0. The lowest BCUT2D eigenvalue weighted by Crippen LogP contribution is -2.44. The number of fused-ring (bicyclic) bond motifs is 1. The van der Waals surface area contributed by atoms with E-state index in [1.54, 1.807) is 25.3 Å². The van der Waals surface area contributed by atoms with Crippen LogP contribution in [0.3, 0.4) is 0 Å². The normalized spacial score (nSPS) is 22.4. The zero-order chi connectivity index (χ0) is 33.3. The molecule has 3 aliphatic heterocycles. The number of rotatable bonds is 6. The van der Waals surface area contributed by atoms with E-state index in [0.717, 1.165) is 55.7 Å². The number of piperidine rings is 1. The van der Waals surface area contributed by atoms with Gasteiger partial charge in [0, 0.05) is 48.9 Å². The maximum Gasteiger partial charge on any atom is 0.451 e. The molecule has 48 heavy (non-hydrogen) atoms. The maximum absolute atomic E-state index is 14.9. The molecule has 0 unspecified atom stereocenters. The van der Waals surface area contributed by atoms with E-state index >= 15 is 0 Å². The van der Waals surface area contributed by atoms with Crippen LogP contribution in [0.1, 0.15) is 61.2 Å². The van der Waals surface area contributed by atoms with Gasteiger partial charge in [0.2, 0.25) is 5.82 Å². The number of alkyl halides is 3. The molecule has 0 radical (unpaired) electrons. The van der Waals surface area contributed by atoms with Crippen molar-refractivity contribution in [3.05, 3.63) is 82.1 Å². The molecule has 0 amide bonds. The number of nitrogens with one attached hydrogen (secondary N) is 1. The monoisotopic (exact) mass is 684 g/mol. The molecule has 2 aromatic heterocycles. The van der Waals surface area contributed by atoms with Crippen molar-refractivity contribution in [3.63, 3.8) is 0 Å². The van der Waals surface area contributed by atoms with Gasteiger partial charge in [-0.25, -0.2) is 9.37 Å². The Hall–Kier alpha value is -3.94. The number of ether oxygens (including phenoxy) is 3. The number of nitrogens with zero attached hydrogens (tertiary/aromatic N) is 5. The van der Waals surface area contributed by atoms with E-state index < -0.39 is 23.6 Å². The van der Waals surface area contributed by atoms with Crippen molar-refractivity contribution < 1.29 is 31.8 Å². The van der Waals surface area contributed by atoms with Crippen LogP contribution in [0.2, 0.25) is 5.02 Å². The van der Waals surface area contributed by atoms with Gasteiger partial charge >= 0.3 is 6.18 Å². The smallest absolute Gasteiger partial charge is 0.444 e. The summed E-state index contributed by atoms with van der Waals surface area (Å²) >= 11 is 5.98. The summed E-state index contributed by atoms with van der Waals surface area (Å²) in [4.78, 5) is 13.0. The van der Waals surface area contributed by atoms with Crippen LogP contribution in [0.25, 0.3) is 11.4 Å². The highest BCUT2D eigenvalue weighted by molar-refractivity contribution is 6.30. The molecule has 3 fully saturated rings. The maximum atomic E-state index is 14.9. The van der Waals surface area contributed by atoms with Crippen molar-refractivity contribution in [2.75, 3.05) is 37.7 Å². The first-order valence-corrected chi connectivity index (χ1v) is 16.4. The van der Waals surface area contributed by atoms with Crippen LogP contribution in [-0.2, 0) is 23.2 Å². The Kier molecular flexibility index (Phi) is 7.57. The molecule has 14 heteroatoms. The number of para-hydroxylation sites is 1. The van der Waals surface area contributed by atoms with Crippen molar-refractivity contribution in [2.24, 2.45) is 0 Å². The van der Waals surface area contributed by atoms with E-state index in [0.29, 0.717) is 48.3 Å². The summed E-state index contributed by atoms with van der Waals surface area (Å²) in [5, 5.41) is 6.13. The summed E-state index contributed by atoms with van der Waals surface area (Å²) in [5.41, 5.74) is 3.27. The summed E-state index contributed by atoms with van der Waals surface area (Å²) in [6.45, 7) is 5.81. The molecule has 1 saturated carbocycles. The zero-order valence-electron chi connectivity index (χ0n) is 26.1. The van der Waals surface area contributed by atoms with Gasteiger partial charge in [-0.3, -0.25) is 15.0 Å². The summed E-state index contributed by atoms with van der Waals surface area (Å²) in [7, 11) is 0. The van der Waals surface area contributed by atoms with Crippen LogP contribution in [0, 0.1) is 5.82 Å². The summed E-state index contributed by atoms with van der Waals surface area (Å²) in [6, 6.07) is 12.1. The van der Waals surface area contributed by atoms with Gasteiger partial charge in [0.25, 0.3) is 5.79 Å². The topological polar surface area (TPSA) is 88.6 Å². The van der Waals surface area contributed by atoms with Gasteiger partial charge in [0.05, 0.1) is 29.2 Å². The summed E-state index contributed by atoms with van der Waals surface area (Å²) in [5.74, 6) is -1.59.